The highest BCUT2D eigenvalue weighted by molar-refractivity contribution is 5.94. The second-order valence-electron chi connectivity index (χ2n) is 5.95. The monoisotopic (exact) mass is 306 g/mol. The van der Waals surface area contributed by atoms with E-state index in [0.717, 1.165) is 12.8 Å². The number of aliphatic hydroxyl groups is 1. The van der Waals surface area contributed by atoms with E-state index in [0.29, 0.717) is 44.0 Å². The molecule has 2 saturated heterocycles. The summed E-state index contributed by atoms with van der Waals surface area (Å²) in [5.74, 6) is 0.409. The Balaban J connectivity index is 1.66. The molecule has 120 valence electrons. The number of methoxy groups -OCH3 is 1. The molecule has 1 unspecified atom stereocenters. The first-order valence-corrected chi connectivity index (χ1v) is 7.76. The van der Waals surface area contributed by atoms with Gasteiger partial charge in [-0.2, -0.15) is 0 Å². The zero-order chi connectivity index (χ0) is 15.6. The lowest BCUT2D eigenvalue weighted by Gasteiger charge is -2.46. The van der Waals surface area contributed by atoms with E-state index in [2.05, 4.69) is 4.98 Å². The summed E-state index contributed by atoms with van der Waals surface area (Å²) in [6.07, 6.45) is 4.22. The smallest absolute Gasteiger partial charge is 0.254 e. The number of pyridine rings is 1. The quantitative estimate of drug-likeness (QED) is 0.890. The molecule has 1 amide bonds. The van der Waals surface area contributed by atoms with Crippen LogP contribution in [0.25, 0.3) is 0 Å². The normalized spacial score (nSPS) is 24.3. The van der Waals surface area contributed by atoms with Gasteiger partial charge in [0.05, 0.1) is 18.8 Å². The van der Waals surface area contributed by atoms with Crippen molar-refractivity contribution in [3.8, 4) is 5.88 Å². The van der Waals surface area contributed by atoms with Gasteiger partial charge in [0.25, 0.3) is 5.91 Å². The van der Waals surface area contributed by atoms with Crippen LogP contribution in [-0.4, -0.2) is 59.4 Å². The van der Waals surface area contributed by atoms with E-state index in [-0.39, 0.29) is 5.91 Å². The number of carbonyl (C=O) groups is 1. The van der Waals surface area contributed by atoms with Gasteiger partial charge < -0.3 is 19.5 Å². The number of amides is 1. The molecule has 1 atom stereocenters. The summed E-state index contributed by atoms with van der Waals surface area (Å²) < 4.78 is 10.9. The van der Waals surface area contributed by atoms with Gasteiger partial charge in [0, 0.05) is 37.5 Å². The average Bonchev–Trinajstić information content (AvgIpc) is 2.58. The van der Waals surface area contributed by atoms with Crippen molar-refractivity contribution < 1.29 is 19.4 Å². The molecule has 1 N–H and O–H groups in total. The van der Waals surface area contributed by atoms with E-state index in [1.165, 1.54) is 7.11 Å². The van der Waals surface area contributed by atoms with Gasteiger partial charge >= 0.3 is 0 Å². The van der Waals surface area contributed by atoms with Gasteiger partial charge in [0.2, 0.25) is 5.88 Å². The molecule has 1 aromatic rings. The Morgan fingerprint density at radius 1 is 1.50 bits per heavy atom. The summed E-state index contributed by atoms with van der Waals surface area (Å²) in [5, 5.41) is 10.2. The number of nitrogens with zero attached hydrogens (tertiary/aromatic N) is 2. The fraction of sp³-hybridized carbons (Fsp3) is 0.625. The van der Waals surface area contributed by atoms with Gasteiger partial charge in [0.1, 0.15) is 0 Å². The van der Waals surface area contributed by atoms with E-state index in [9.17, 15) is 9.90 Å². The lowest BCUT2D eigenvalue weighted by molar-refractivity contribution is -0.174. The number of aromatic nitrogens is 1. The molecule has 6 heteroatoms. The highest BCUT2D eigenvalue weighted by Crippen LogP contribution is 2.35. The average molecular weight is 306 g/mol. The minimum absolute atomic E-state index is 0.0270. The predicted octanol–water partition coefficient (Wildman–Crippen LogP) is 1.24. The summed E-state index contributed by atoms with van der Waals surface area (Å²) in [6, 6.07) is 3.35. The zero-order valence-corrected chi connectivity index (χ0v) is 12.8. The molecular formula is C16H22N2O4. The molecule has 3 heterocycles. The van der Waals surface area contributed by atoms with E-state index >= 15 is 0 Å². The summed E-state index contributed by atoms with van der Waals surface area (Å²) in [6.45, 7) is 1.90. The Bertz CT molecular complexity index is 541. The largest absolute Gasteiger partial charge is 0.481 e. The SMILES string of the molecule is COc1cc(C(=O)N2CCC3(CC2)OCCCC3O)ccn1. The molecule has 0 bridgehead atoms. The van der Waals surface area contributed by atoms with Gasteiger partial charge in [-0.05, 0) is 31.7 Å². The number of hydrogen-bond donors (Lipinski definition) is 1. The van der Waals surface area contributed by atoms with Gasteiger partial charge in [0.15, 0.2) is 0 Å². The lowest BCUT2D eigenvalue weighted by Crippen LogP contribution is -2.56. The van der Waals surface area contributed by atoms with Gasteiger partial charge in [-0.3, -0.25) is 4.79 Å². The second kappa shape index (κ2) is 6.22. The summed E-state index contributed by atoms with van der Waals surface area (Å²) in [5.41, 5.74) is 0.123. The van der Waals surface area contributed by atoms with E-state index in [1.807, 2.05) is 4.90 Å². The molecule has 0 radical (unpaired) electrons. The molecule has 2 aliphatic heterocycles. The maximum Gasteiger partial charge on any atom is 0.254 e. The van der Waals surface area contributed by atoms with Crippen LogP contribution in [-0.2, 0) is 4.74 Å². The van der Waals surface area contributed by atoms with Crippen LogP contribution in [0.4, 0.5) is 0 Å². The van der Waals surface area contributed by atoms with Crippen LogP contribution >= 0.6 is 0 Å². The van der Waals surface area contributed by atoms with Gasteiger partial charge in [-0.25, -0.2) is 4.98 Å². The highest BCUT2D eigenvalue weighted by atomic mass is 16.5. The first kappa shape index (κ1) is 15.2. The van der Waals surface area contributed by atoms with Crippen LogP contribution in [0.5, 0.6) is 5.88 Å². The molecule has 2 fully saturated rings. The molecular weight excluding hydrogens is 284 g/mol. The first-order valence-electron chi connectivity index (χ1n) is 7.76. The number of ether oxygens (including phenoxy) is 2. The molecule has 0 saturated carbocycles. The van der Waals surface area contributed by atoms with Crippen LogP contribution in [0, 0.1) is 0 Å². The molecule has 0 aromatic carbocycles. The highest BCUT2D eigenvalue weighted by Gasteiger charge is 2.44. The van der Waals surface area contributed by atoms with Crippen LogP contribution in [0.2, 0.25) is 0 Å². The van der Waals surface area contributed by atoms with E-state index in [4.69, 9.17) is 9.47 Å². The topological polar surface area (TPSA) is 71.9 Å². The minimum Gasteiger partial charge on any atom is -0.481 e. The van der Waals surface area contributed by atoms with Crippen molar-refractivity contribution in [1.82, 2.24) is 9.88 Å². The molecule has 1 spiro atoms. The molecule has 22 heavy (non-hydrogen) atoms. The second-order valence-corrected chi connectivity index (χ2v) is 5.95. The van der Waals surface area contributed by atoms with Crippen molar-refractivity contribution in [2.24, 2.45) is 0 Å². The Morgan fingerprint density at radius 2 is 2.27 bits per heavy atom. The maximum absolute atomic E-state index is 12.6. The van der Waals surface area contributed by atoms with Crippen molar-refractivity contribution in [3.63, 3.8) is 0 Å². The maximum atomic E-state index is 12.6. The van der Waals surface area contributed by atoms with Crippen molar-refractivity contribution in [1.29, 1.82) is 0 Å². The molecule has 1 aromatic heterocycles. The van der Waals surface area contributed by atoms with Crippen molar-refractivity contribution in [2.45, 2.75) is 37.4 Å². The van der Waals surface area contributed by atoms with Crippen molar-refractivity contribution in [2.75, 3.05) is 26.8 Å². The number of piperidine rings is 1. The Morgan fingerprint density at radius 3 is 2.95 bits per heavy atom. The van der Waals surface area contributed by atoms with Crippen LogP contribution in [0.1, 0.15) is 36.0 Å². The summed E-state index contributed by atoms with van der Waals surface area (Å²) in [7, 11) is 1.53. The Hall–Kier alpha value is -1.66. The number of carbonyl (C=O) groups excluding carboxylic acids is 1. The van der Waals surface area contributed by atoms with Crippen molar-refractivity contribution in [3.05, 3.63) is 23.9 Å². The summed E-state index contributed by atoms with van der Waals surface area (Å²) in [4.78, 5) is 18.4. The van der Waals surface area contributed by atoms with Crippen molar-refractivity contribution >= 4 is 5.91 Å². The fourth-order valence-corrected chi connectivity index (χ4v) is 3.31. The molecule has 0 aliphatic carbocycles. The number of hydrogen-bond acceptors (Lipinski definition) is 5. The van der Waals surface area contributed by atoms with E-state index < -0.39 is 11.7 Å². The Kier molecular flexibility index (Phi) is 4.31. The number of likely N-dealkylation sites (tertiary alicyclic amines) is 1. The number of aliphatic hydroxyl groups excluding tert-OH is 1. The summed E-state index contributed by atoms with van der Waals surface area (Å²) >= 11 is 0. The first-order chi connectivity index (χ1) is 10.6. The van der Waals surface area contributed by atoms with Crippen LogP contribution < -0.4 is 4.74 Å². The third kappa shape index (κ3) is 2.80. The molecule has 2 aliphatic rings. The third-order valence-electron chi connectivity index (χ3n) is 4.71. The molecule has 3 rings (SSSR count). The predicted molar refractivity (Wildman–Crippen MR) is 79.9 cm³/mol. The standard InChI is InChI=1S/C16H22N2O4/c1-21-14-11-12(4-7-17-14)15(20)18-8-5-16(6-9-18)13(19)3-2-10-22-16/h4,7,11,13,19H,2-3,5-6,8-10H2,1H3. The van der Waals surface area contributed by atoms with Crippen LogP contribution in [0.3, 0.4) is 0 Å². The number of rotatable bonds is 2. The lowest BCUT2D eigenvalue weighted by atomic mass is 9.82. The van der Waals surface area contributed by atoms with Crippen LogP contribution in [0.15, 0.2) is 18.3 Å². The van der Waals surface area contributed by atoms with E-state index in [1.54, 1.807) is 18.3 Å². The Labute approximate surface area is 130 Å². The minimum atomic E-state index is -0.453. The third-order valence-corrected chi connectivity index (χ3v) is 4.71. The fourth-order valence-electron chi connectivity index (χ4n) is 3.31. The van der Waals surface area contributed by atoms with Gasteiger partial charge in [-0.15, -0.1) is 0 Å². The molecule has 6 nitrogen and oxygen atoms in total. The van der Waals surface area contributed by atoms with Gasteiger partial charge in [-0.1, -0.05) is 0 Å². The zero-order valence-electron chi connectivity index (χ0n) is 12.8.